The zero-order valence-electron chi connectivity index (χ0n) is 29.1. The van der Waals surface area contributed by atoms with E-state index in [0.29, 0.717) is 13.2 Å². The van der Waals surface area contributed by atoms with E-state index in [-0.39, 0.29) is 90.0 Å². The minimum Gasteiger partial charge on any atom is -0.462 e. The van der Waals surface area contributed by atoms with E-state index >= 15 is 0 Å². The molecule has 4 N–H and O–H groups in total. The first-order valence-electron chi connectivity index (χ1n) is 17.1. The number of benzene rings is 3. The van der Waals surface area contributed by atoms with Gasteiger partial charge in [0.1, 0.15) is 25.3 Å². The molecule has 0 saturated carbocycles. The molecule has 0 fully saturated rings. The van der Waals surface area contributed by atoms with Gasteiger partial charge in [0.05, 0.1) is 66.1 Å². The maximum Gasteiger partial charge on any atom is 0.329 e. The van der Waals surface area contributed by atoms with Crippen molar-refractivity contribution < 1.29 is 57.8 Å². The van der Waals surface area contributed by atoms with Gasteiger partial charge in [-0.05, 0) is 35.4 Å². The Kier molecular flexibility index (Phi) is 20.3. The fourth-order valence-corrected chi connectivity index (χ4v) is 4.72. The second kappa shape index (κ2) is 25.3. The average molecular weight is 725 g/mol. The molecule has 3 aromatic rings. The zero-order valence-corrected chi connectivity index (χ0v) is 29.1. The number of hydrogen-bond donors (Lipinski definition) is 4. The fourth-order valence-electron chi connectivity index (χ4n) is 4.72. The number of amides is 2. The summed E-state index contributed by atoms with van der Waals surface area (Å²) in [6.07, 6.45) is 0.373. The molecule has 0 heterocycles. The van der Waals surface area contributed by atoms with Crippen molar-refractivity contribution in [2.45, 2.75) is 24.9 Å². The Morgan fingerprint density at radius 2 is 0.788 bits per heavy atom. The molecule has 282 valence electrons. The minimum atomic E-state index is -1.000. The Hall–Kier alpha value is -4.70. The lowest BCUT2D eigenvalue weighted by atomic mass is 10.0. The van der Waals surface area contributed by atoms with Crippen LogP contribution < -0.4 is 10.6 Å². The highest BCUT2D eigenvalue weighted by atomic mass is 16.6. The van der Waals surface area contributed by atoms with Crippen molar-refractivity contribution >= 4 is 23.8 Å². The SMILES string of the molecule is O=C(N[C@@H](Cc1ccccc1)C(=O)OCCOCCOCCO)c1ccc(C(=O)N[C@@H](Cc2ccccc2)C(=O)OCCOCCOCCO)cc1. The van der Waals surface area contributed by atoms with Gasteiger partial charge >= 0.3 is 11.9 Å². The van der Waals surface area contributed by atoms with Gasteiger partial charge in [0.2, 0.25) is 0 Å². The lowest BCUT2D eigenvalue weighted by molar-refractivity contribution is -0.148. The number of ether oxygens (including phenoxy) is 6. The van der Waals surface area contributed by atoms with Crippen LogP contribution in [0.3, 0.4) is 0 Å². The highest BCUT2D eigenvalue weighted by Crippen LogP contribution is 2.11. The van der Waals surface area contributed by atoms with Crippen LogP contribution in [0.15, 0.2) is 84.9 Å². The average Bonchev–Trinajstić information content (AvgIpc) is 3.17. The molecule has 3 rings (SSSR count). The minimum absolute atomic E-state index is 0.0298. The van der Waals surface area contributed by atoms with Gasteiger partial charge in [-0.15, -0.1) is 0 Å². The van der Waals surface area contributed by atoms with Crippen LogP contribution in [-0.2, 0) is 50.9 Å². The first-order valence-corrected chi connectivity index (χ1v) is 17.1. The van der Waals surface area contributed by atoms with Gasteiger partial charge in [0.25, 0.3) is 11.8 Å². The van der Waals surface area contributed by atoms with Gasteiger partial charge < -0.3 is 49.3 Å². The molecule has 0 aromatic heterocycles. The molecule has 0 spiro atoms. The van der Waals surface area contributed by atoms with E-state index in [0.717, 1.165) is 11.1 Å². The van der Waals surface area contributed by atoms with Crippen LogP contribution in [0.25, 0.3) is 0 Å². The summed E-state index contributed by atoms with van der Waals surface area (Å²) >= 11 is 0. The molecule has 2 amide bonds. The number of aliphatic hydroxyl groups excluding tert-OH is 2. The van der Waals surface area contributed by atoms with E-state index in [1.807, 2.05) is 60.7 Å². The number of carbonyl (C=O) groups is 4. The number of rotatable bonds is 26. The van der Waals surface area contributed by atoms with Crippen LogP contribution in [0.1, 0.15) is 31.8 Å². The van der Waals surface area contributed by atoms with Crippen LogP contribution in [0.5, 0.6) is 0 Å². The quantitative estimate of drug-likeness (QED) is 0.0692. The molecule has 0 unspecified atom stereocenters. The van der Waals surface area contributed by atoms with E-state index in [9.17, 15) is 19.2 Å². The fraction of sp³-hybridized carbons (Fsp3) is 0.421. The summed E-state index contributed by atoms with van der Waals surface area (Å²) in [6, 6.07) is 22.2. The molecule has 14 heteroatoms. The second-order valence-corrected chi connectivity index (χ2v) is 11.2. The van der Waals surface area contributed by atoms with E-state index in [1.165, 1.54) is 24.3 Å². The van der Waals surface area contributed by atoms with Crippen molar-refractivity contribution in [3.63, 3.8) is 0 Å². The van der Waals surface area contributed by atoms with Crippen LogP contribution in [0.2, 0.25) is 0 Å². The summed E-state index contributed by atoms with van der Waals surface area (Å²) in [7, 11) is 0. The number of esters is 2. The Labute approximate surface area is 303 Å². The summed E-state index contributed by atoms with van der Waals surface area (Å²) in [5.74, 6) is -2.36. The molecule has 14 nitrogen and oxygen atoms in total. The second-order valence-electron chi connectivity index (χ2n) is 11.2. The third kappa shape index (κ3) is 16.5. The molecule has 0 aliphatic rings. The van der Waals surface area contributed by atoms with E-state index < -0.39 is 35.8 Å². The molecule has 0 saturated heterocycles. The van der Waals surface area contributed by atoms with Crippen LogP contribution in [0, 0.1) is 0 Å². The lowest BCUT2D eigenvalue weighted by Gasteiger charge is -2.19. The maximum absolute atomic E-state index is 13.3. The summed E-state index contributed by atoms with van der Waals surface area (Å²) in [5.41, 5.74) is 2.04. The summed E-state index contributed by atoms with van der Waals surface area (Å²) < 4.78 is 31.7. The smallest absolute Gasteiger partial charge is 0.329 e. The number of aliphatic hydroxyl groups is 2. The Bertz CT molecular complexity index is 1350. The number of carbonyl (C=O) groups excluding carboxylic acids is 4. The van der Waals surface area contributed by atoms with E-state index in [2.05, 4.69) is 10.6 Å². The van der Waals surface area contributed by atoms with Crippen molar-refractivity contribution in [3.8, 4) is 0 Å². The van der Waals surface area contributed by atoms with E-state index in [1.54, 1.807) is 0 Å². The normalized spacial score (nSPS) is 12.0. The highest BCUT2D eigenvalue weighted by Gasteiger charge is 2.25. The topological polar surface area (TPSA) is 188 Å². The van der Waals surface area contributed by atoms with Crippen LogP contribution >= 0.6 is 0 Å². The molecule has 3 aromatic carbocycles. The monoisotopic (exact) mass is 724 g/mol. The van der Waals surface area contributed by atoms with Crippen molar-refractivity contribution in [1.82, 2.24) is 10.6 Å². The molecule has 0 radical (unpaired) electrons. The highest BCUT2D eigenvalue weighted by molar-refractivity contribution is 6.00. The molecule has 0 aliphatic heterocycles. The largest absolute Gasteiger partial charge is 0.462 e. The van der Waals surface area contributed by atoms with Crippen molar-refractivity contribution in [1.29, 1.82) is 0 Å². The molecular weight excluding hydrogens is 676 g/mol. The van der Waals surface area contributed by atoms with Gasteiger partial charge in [0, 0.05) is 24.0 Å². The third-order valence-electron chi connectivity index (χ3n) is 7.31. The summed E-state index contributed by atoms with van der Waals surface area (Å²) in [4.78, 5) is 52.5. The zero-order chi connectivity index (χ0) is 37.2. The molecule has 2 atom stereocenters. The van der Waals surface area contributed by atoms with Gasteiger partial charge in [-0.2, -0.15) is 0 Å². The first kappa shape index (κ1) is 41.7. The Morgan fingerprint density at radius 1 is 0.462 bits per heavy atom. The summed E-state index contributed by atoms with van der Waals surface area (Å²) in [6.45, 7) is 1.59. The summed E-state index contributed by atoms with van der Waals surface area (Å²) in [5, 5.41) is 23.0. The molecule has 52 heavy (non-hydrogen) atoms. The van der Waals surface area contributed by atoms with Gasteiger partial charge in [-0.3, -0.25) is 9.59 Å². The molecular formula is C38H48N2O12. The van der Waals surface area contributed by atoms with Crippen LogP contribution in [0.4, 0.5) is 0 Å². The van der Waals surface area contributed by atoms with Crippen molar-refractivity contribution in [2.75, 3.05) is 79.3 Å². The maximum atomic E-state index is 13.3. The van der Waals surface area contributed by atoms with Crippen molar-refractivity contribution in [2.24, 2.45) is 0 Å². The van der Waals surface area contributed by atoms with Crippen molar-refractivity contribution in [3.05, 3.63) is 107 Å². The Balaban J connectivity index is 1.57. The van der Waals surface area contributed by atoms with Gasteiger partial charge in [0.15, 0.2) is 0 Å². The number of nitrogens with one attached hydrogen (secondary N) is 2. The first-order chi connectivity index (χ1) is 25.4. The molecule has 0 bridgehead atoms. The lowest BCUT2D eigenvalue weighted by Crippen LogP contribution is -2.44. The van der Waals surface area contributed by atoms with Gasteiger partial charge in [-0.25, -0.2) is 9.59 Å². The number of hydrogen-bond acceptors (Lipinski definition) is 12. The standard InChI is InChI=1S/C38H48N2O12/c41-15-17-47-19-21-49-23-25-51-37(45)33(27-29-7-3-1-4-8-29)39-35(43)31-11-13-32(14-12-31)36(44)40-34(28-30-9-5-2-6-10-30)38(46)52-26-24-50-22-20-48-18-16-42/h1-14,33-34,41-42H,15-28H2,(H,39,43)(H,40,44)/t33-,34-/m0/s1. The predicted molar refractivity (Wildman–Crippen MR) is 189 cm³/mol. The van der Waals surface area contributed by atoms with Gasteiger partial charge in [-0.1, -0.05) is 60.7 Å². The van der Waals surface area contributed by atoms with Crippen LogP contribution in [-0.4, -0.2) is 125 Å². The molecule has 0 aliphatic carbocycles. The predicted octanol–water partition coefficient (Wildman–Crippen LogP) is 1.51. The Morgan fingerprint density at radius 3 is 1.13 bits per heavy atom. The van der Waals surface area contributed by atoms with E-state index in [4.69, 9.17) is 38.6 Å². The third-order valence-corrected chi connectivity index (χ3v) is 7.31.